The summed E-state index contributed by atoms with van der Waals surface area (Å²) in [5.41, 5.74) is 0. The highest BCUT2D eigenvalue weighted by Gasteiger charge is 2.08. The fourth-order valence-corrected chi connectivity index (χ4v) is 1.82. The normalized spacial score (nSPS) is 10.7. The minimum Gasteiger partial charge on any atom is -0.508 e. The van der Waals surface area contributed by atoms with E-state index in [0.29, 0.717) is 15.8 Å². The van der Waals surface area contributed by atoms with E-state index >= 15 is 0 Å². The largest absolute Gasteiger partial charge is 0.508 e. The van der Waals surface area contributed by atoms with Gasteiger partial charge in [-0.1, -0.05) is 23.2 Å². The quantitative estimate of drug-likeness (QED) is 0.724. The molecule has 2 aromatic rings. The number of halogens is 2. The zero-order valence-corrected chi connectivity index (χ0v) is 8.47. The first-order valence-electron chi connectivity index (χ1n) is 3.89. The van der Waals surface area contributed by atoms with E-state index in [-0.39, 0.29) is 16.5 Å². The van der Waals surface area contributed by atoms with Crippen molar-refractivity contribution in [3.8, 4) is 11.5 Å². The minimum atomic E-state index is -0.0270. The average Bonchev–Trinajstić information content (AvgIpc) is 2.12. The Bertz CT molecular complexity index is 509. The first-order chi connectivity index (χ1) is 6.59. The third-order valence-electron chi connectivity index (χ3n) is 1.98. The van der Waals surface area contributed by atoms with Crippen molar-refractivity contribution in [2.75, 3.05) is 0 Å². The van der Waals surface area contributed by atoms with Crippen LogP contribution in [0, 0.1) is 0 Å². The number of phenolic OH excluding ortho intramolecular Hbond substituents is 2. The van der Waals surface area contributed by atoms with Crippen LogP contribution in [-0.4, -0.2) is 10.2 Å². The Hall–Kier alpha value is -1.12. The van der Waals surface area contributed by atoms with Crippen LogP contribution in [0.2, 0.25) is 10.0 Å². The van der Waals surface area contributed by atoms with Crippen molar-refractivity contribution in [3.63, 3.8) is 0 Å². The van der Waals surface area contributed by atoms with Crippen molar-refractivity contribution in [2.24, 2.45) is 0 Å². The van der Waals surface area contributed by atoms with Gasteiger partial charge in [-0.05, 0) is 24.3 Å². The first kappa shape index (κ1) is 9.44. The summed E-state index contributed by atoms with van der Waals surface area (Å²) in [5.74, 6) is -0.00386. The maximum absolute atomic E-state index is 9.34. The highest BCUT2D eigenvalue weighted by molar-refractivity contribution is 6.40. The van der Waals surface area contributed by atoms with Gasteiger partial charge in [0.2, 0.25) is 0 Å². The molecule has 0 fully saturated rings. The van der Waals surface area contributed by atoms with E-state index in [4.69, 9.17) is 23.2 Å². The van der Waals surface area contributed by atoms with Crippen molar-refractivity contribution in [1.82, 2.24) is 0 Å². The van der Waals surface area contributed by atoms with E-state index in [1.807, 2.05) is 0 Å². The molecule has 2 nitrogen and oxygen atoms in total. The van der Waals surface area contributed by atoms with Gasteiger partial charge in [0.25, 0.3) is 0 Å². The van der Waals surface area contributed by atoms with E-state index in [2.05, 4.69) is 0 Å². The van der Waals surface area contributed by atoms with Crippen molar-refractivity contribution in [1.29, 1.82) is 0 Å². The fourth-order valence-electron chi connectivity index (χ4n) is 1.33. The Balaban J connectivity index is 2.95. The molecule has 0 aliphatic rings. The zero-order chi connectivity index (χ0) is 10.3. The highest BCUT2D eigenvalue weighted by Crippen LogP contribution is 2.37. The molecule has 0 radical (unpaired) electrons. The molecule has 0 aliphatic heterocycles. The number of aromatic hydroxyl groups is 2. The molecule has 2 rings (SSSR count). The molecule has 0 bridgehead atoms. The minimum absolute atomic E-state index is 0.0231. The molecule has 0 saturated heterocycles. The predicted octanol–water partition coefficient (Wildman–Crippen LogP) is 3.56. The van der Waals surface area contributed by atoms with Crippen LogP contribution in [-0.2, 0) is 0 Å². The van der Waals surface area contributed by atoms with Gasteiger partial charge >= 0.3 is 0 Å². The maximum Gasteiger partial charge on any atom is 0.134 e. The molecule has 14 heavy (non-hydrogen) atoms. The summed E-state index contributed by atoms with van der Waals surface area (Å²) in [7, 11) is 0. The topological polar surface area (TPSA) is 40.5 Å². The Kier molecular flexibility index (Phi) is 2.17. The average molecular weight is 229 g/mol. The van der Waals surface area contributed by atoms with E-state index in [9.17, 15) is 10.2 Å². The third-order valence-corrected chi connectivity index (χ3v) is 2.69. The SMILES string of the molecule is Oc1cc(Cl)c2ccc(O)c(Cl)c2c1. The van der Waals surface area contributed by atoms with Crippen LogP contribution in [0.5, 0.6) is 11.5 Å². The van der Waals surface area contributed by atoms with Crippen LogP contribution >= 0.6 is 23.2 Å². The van der Waals surface area contributed by atoms with Crippen molar-refractivity contribution in [3.05, 3.63) is 34.3 Å². The molecule has 4 heteroatoms. The van der Waals surface area contributed by atoms with E-state index < -0.39 is 0 Å². The van der Waals surface area contributed by atoms with Gasteiger partial charge in [-0.25, -0.2) is 0 Å². The molecule has 0 saturated carbocycles. The first-order valence-corrected chi connectivity index (χ1v) is 4.65. The molecule has 0 spiro atoms. The van der Waals surface area contributed by atoms with Crippen LogP contribution in [0.3, 0.4) is 0 Å². The standard InChI is InChI=1S/C10H6Cl2O2/c11-8-4-5(13)3-7-6(8)1-2-9(14)10(7)12/h1-4,13-14H. The summed E-state index contributed by atoms with van der Waals surface area (Å²) in [5, 5.41) is 20.5. The van der Waals surface area contributed by atoms with Crippen LogP contribution in [0.4, 0.5) is 0 Å². The second-order valence-electron chi connectivity index (χ2n) is 2.92. The number of hydrogen-bond donors (Lipinski definition) is 2. The lowest BCUT2D eigenvalue weighted by atomic mass is 10.1. The molecule has 0 heterocycles. The van der Waals surface area contributed by atoms with Crippen LogP contribution in [0.15, 0.2) is 24.3 Å². The second kappa shape index (κ2) is 3.23. The smallest absolute Gasteiger partial charge is 0.134 e. The van der Waals surface area contributed by atoms with Gasteiger partial charge in [0.1, 0.15) is 11.5 Å². The van der Waals surface area contributed by atoms with Gasteiger partial charge in [0.05, 0.1) is 10.0 Å². The van der Waals surface area contributed by atoms with Gasteiger partial charge in [0, 0.05) is 10.8 Å². The lowest BCUT2D eigenvalue weighted by Gasteiger charge is -2.05. The summed E-state index contributed by atoms with van der Waals surface area (Å²) < 4.78 is 0. The summed E-state index contributed by atoms with van der Waals surface area (Å²) in [6, 6.07) is 6.01. The molecule has 72 valence electrons. The highest BCUT2D eigenvalue weighted by atomic mass is 35.5. The van der Waals surface area contributed by atoms with Crippen molar-refractivity contribution >= 4 is 34.0 Å². The molecule has 0 amide bonds. The lowest BCUT2D eigenvalue weighted by molar-refractivity contribution is 0.475. The van der Waals surface area contributed by atoms with Crippen molar-refractivity contribution in [2.45, 2.75) is 0 Å². The van der Waals surface area contributed by atoms with Crippen LogP contribution < -0.4 is 0 Å². The zero-order valence-electron chi connectivity index (χ0n) is 6.96. The Morgan fingerprint density at radius 3 is 2.36 bits per heavy atom. The van der Waals surface area contributed by atoms with Gasteiger partial charge in [-0.3, -0.25) is 0 Å². The summed E-state index contributed by atoms with van der Waals surface area (Å²) in [6.07, 6.45) is 0. The summed E-state index contributed by atoms with van der Waals surface area (Å²) in [4.78, 5) is 0. The lowest BCUT2D eigenvalue weighted by Crippen LogP contribution is -1.77. The molecular weight excluding hydrogens is 223 g/mol. The Morgan fingerprint density at radius 1 is 0.929 bits per heavy atom. The fraction of sp³-hybridized carbons (Fsp3) is 0. The van der Waals surface area contributed by atoms with Gasteiger partial charge in [0.15, 0.2) is 0 Å². The van der Waals surface area contributed by atoms with E-state index in [1.54, 1.807) is 6.07 Å². The summed E-state index contributed by atoms with van der Waals surface area (Å²) >= 11 is 11.7. The third kappa shape index (κ3) is 1.37. The Labute approximate surface area is 90.3 Å². The van der Waals surface area contributed by atoms with Crippen molar-refractivity contribution < 1.29 is 10.2 Å². The predicted molar refractivity (Wildman–Crippen MR) is 57.3 cm³/mol. The van der Waals surface area contributed by atoms with E-state index in [0.717, 1.165) is 0 Å². The summed E-state index contributed by atoms with van der Waals surface area (Å²) in [6.45, 7) is 0. The molecule has 2 N–H and O–H groups in total. The Morgan fingerprint density at radius 2 is 1.64 bits per heavy atom. The number of benzene rings is 2. The monoisotopic (exact) mass is 228 g/mol. The van der Waals surface area contributed by atoms with Gasteiger partial charge in [-0.15, -0.1) is 0 Å². The maximum atomic E-state index is 9.34. The molecular formula is C10H6Cl2O2. The molecule has 2 aromatic carbocycles. The van der Waals surface area contributed by atoms with Gasteiger partial charge in [-0.2, -0.15) is 0 Å². The number of phenols is 2. The number of fused-ring (bicyclic) bond motifs is 1. The number of hydrogen-bond acceptors (Lipinski definition) is 2. The molecule has 0 aromatic heterocycles. The van der Waals surface area contributed by atoms with Gasteiger partial charge < -0.3 is 10.2 Å². The van der Waals surface area contributed by atoms with Crippen LogP contribution in [0.1, 0.15) is 0 Å². The van der Waals surface area contributed by atoms with Crippen LogP contribution in [0.25, 0.3) is 10.8 Å². The number of rotatable bonds is 0. The molecule has 0 atom stereocenters. The second-order valence-corrected chi connectivity index (χ2v) is 3.71. The molecule has 0 unspecified atom stereocenters. The van der Waals surface area contributed by atoms with E-state index in [1.165, 1.54) is 18.2 Å². The molecule has 0 aliphatic carbocycles.